The number of hydrogen-bond donors (Lipinski definition) is 1. The van der Waals surface area contributed by atoms with Crippen molar-refractivity contribution in [2.45, 2.75) is 52.4 Å². The van der Waals surface area contributed by atoms with Gasteiger partial charge in [0.1, 0.15) is 0 Å². The van der Waals surface area contributed by atoms with Crippen molar-refractivity contribution in [3.63, 3.8) is 0 Å². The highest BCUT2D eigenvalue weighted by molar-refractivity contribution is 5.26. The summed E-state index contributed by atoms with van der Waals surface area (Å²) in [5.74, 6) is 1.52. The van der Waals surface area contributed by atoms with Crippen LogP contribution in [0.5, 0.6) is 0 Å². The highest BCUT2D eigenvalue weighted by Gasteiger charge is 2.35. The predicted octanol–water partition coefficient (Wildman–Crippen LogP) is 4.38. The van der Waals surface area contributed by atoms with Crippen molar-refractivity contribution in [2.75, 3.05) is 13.6 Å². The quantitative estimate of drug-likeness (QED) is 0.846. The Balaban J connectivity index is 2.20. The van der Waals surface area contributed by atoms with Crippen molar-refractivity contribution in [3.8, 4) is 0 Å². The number of benzene rings is 1. The Kier molecular flexibility index (Phi) is 4.67. The minimum absolute atomic E-state index is 0.498. The lowest BCUT2D eigenvalue weighted by Crippen LogP contribution is -2.33. The van der Waals surface area contributed by atoms with Crippen LogP contribution in [0.1, 0.15) is 57.1 Å². The Bertz CT molecular complexity index is 391. The van der Waals surface area contributed by atoms with Crippen LogP contribution in [0.25, 0.3) is 0 Å². The lowest BCUT2D eigenvalue weighted by atomic mass is 9.65. The van der Waals surface area contributed by atoms with E-state index in [2.05, 4.69) is 57.4 Å². The Labute approximate surface area is 118 Å². The van der Waals surface area contributed by atoms with Crippen molar-refractivity contribution in [1.82, 2.24) is 5.32 Å². The van der Waals surface area contributed by atoms with Gasteiger partial charge in [-0.25, -0.2) is 0 Å². The summed E-state index contributed by atoms with van der Waals surface area (Å²) in [5, 5.41) is 3.39. The van der Waals surface area contributed by atoms with E-state index in [0.717, 1.165) is 24.8 Å². The van der Waals surface area contributed by atoms with Crippen LogP contribution < -0.4 is 5.32 Å². The third-order valence-electron chi connectivity index (χ3n) is 4.82. The molecular formula is C18H29N. The average Bonchev–Trinajstić information content (AvgIpc) is 2.41. The molecule has 1 aliphatic carbocycles. The molecule has 2 atom stereocenters. The van der Waals surface area contributed by atoms with Crippen LogP contribution >= 0.6 is 0 Å². The van der Waals surface area contributed by atoms with Gasteiger partial charge in [0.15, 0.2) is 0 Å². The van der Waals surface area contributed by atoms with Gasteiger partial charge in [0.2, 0.25) is 0 Å². The van der Waals surface area contributed by atoms with Gasteiger partial charge in [-0.1, -0.05) is 45.0 Å². The first-order chi connectivity index (χ1) is 9.05. The molecule has 0 saturated heterocycles. The second-order valence-corrected chi connectivity index (χ2v) is 6.93. The lowest BCUT2D eigenvalue weighted by Gasteiger charge is -2.41. The molecular weight excluding hydrogens is 230 g/mol. The molecule has 1 heteroatoms. The normalized spacial score (nSPS) is 26.3. The van der Waals surface area contributed by atoms with E-state index in [-0.39, 0.29) is 0 Å². The monoisotopic (exact) mass is 259 g/mol. The van der Waals surface area contributed by atoms with E-state index >= 15 is 0 Å². The first kappa shape index (κ1) is 14.6. The summed E-state index contributed by atoms with van der Waals surface area (Å²) < 4.78 is 0. The Morgan fingerprint density at radius 2 is 1.89 bits per heavy atom. The topological polar surface area (TPSA) is 12.0 Å². The van der Waals surface area contributed by atoms with Gasteiger partial charge >= 0.3 is 0 Å². The Morgan fingerprint density at radius 1 is 1.21 bits per heavy atom. The first-order valence-electron chi connectivity index (χ1n) is 7.79. The summed E-state index contributed by atoms with van der Waals surface area (Å²) in [6.07, 6.45) is 5.18. The zero-order valence-corrected chi connectivity index (χ0v) is 13.0. The molecule has 0 bridgehead atoms. The van der Waals surface area contributed by atoms with Crippen molar-refractivity contribution in [1.29, 1.82) is 0 Å². The van der Waals surface area contributed by atoms with Crippen molar-refractivity contribution in [2.24, 2.45) is 11.3 Å². The molecule has 1 N–H and O–H groups in total. The van der Waals surface area contributed by atoms with Crippen LogP contribution in [0.2, 0.25) is 0 Å². The molecule has 0 amide bonds. The fourth-order valence-corrected chi connectivity index (χ4v) is 3.54. The highest BCUT2D eigenvalue weighted by Crippen LogP contribution is 2.46. The van der Waals surface area contributed by atoms with E-state index in [0.29, 0.717) is 5.41 Å². The van der Waals surface area contributed by atoms with Crippen molar-refractivity contribution < 1.29 is 0 Å². The summed E-state index contributed by atoms with van der Waals surface area (Å²) in [6.45, 7) is 8.23. The van der Waals surface area contributed by atoms with Crippen molar-refractivity contribution in [3.05, 3.63) is 35.4 Å². The van der Waals surface area contributed by atoms with Gasteiger partial charge in [-0.05, 0) is 67.7 Å². The molecule has 1 fully saturated rings. The second kappa shape index (κ2) is 6.09. The maximum atomic E-state index is 3.39. The molecule has 1 nitrogen and oxygen atoms in total. The minimum atomic E-state index is 0.498. The summed E-state index contributed by atoms with van der Waals surface area (Å²) >= 11 is 0. The lowest BCUT2D eigenvalue weighted by molar-refractivity contribution is 0.161. The Morgan fingerprint density at radius 3 is 2.47 bits per heavy atom. The van der Waals surface area contributed by atoms with Crippen LogP contribution in [0.15, 0.2) is 24.3 Å². The fraction of sp³-hybridized carbons (Fsp3) is 0.667. The third kappa shape index (κ3) is 3.60. The average molecular weight is 259 g/mol. The van der Waals surface area contributed by atoms with E-state index in [1.807, 2.05) is 0 Å². The number of rotatable bonds is 4. The van der Waals surface area contributed by atoms with Crippen LogP contribution in [0.4, 0.5) is 0 Å². The van der Waals surface area contributed by atoms with E-state index in [9.17, 15) is 0 Å². The van der Waals surface area contributed by atoms with Gasteiger partial charge < -0.3 is 5.32 Å². The van der Waals surface area contributed by atoms with E-state index in [1.54, 1.807) is 5.56 Å². The van der Waals surface area contributed by atoms with Crippen LogP contribution in [0, 0.1) is 11.3 Å². The molecule has 0 aromatic heterocycles. The van der Waals surface area contributed by atoms with Gasteiger partial charge in [-0.3, -0.25) is 0 Å². The largest absolute Gasteiger partial charge is 0.319 e. The standard InChI is InChI=1S/C18H29N/c1-5-14-6-8-15(9-7-14)17-12-18(2,3)11-10-16(17)13-19-4/h6-9,16-17,19H,5,10-13H2,1-4H3. The zero-order valence-electron chi connectivity index (χ0n) is 13.0. The van der Waals surface area contributed by atoms with Gasteiger partial charge in [0.25, 0.3) is 0 Å². The molecule has 106 valence electrons. The summed E-state index contributed by atoms with van der Waals surface area (Å²) in [5.41, 5.74) is 3.49. The van der Waals surface area contributed by atoms with Gasteiger partial charge in [0, 0.05) is 0 Å². The molecule has 0 spiro atoms. The maximum absolute atomic E-state index is 3.39. The van der Waals surface area contributed by atoms with Gasteiger partial charge in [-0.15, -0.1) is 0 Å². The molecule has 1 aliphatic rings. The van der Waals surface area contributed by atoms with Crippen LogP contribution in [-0.2, 0) is 6.42 Å². The minimum Gasteiger partial charge on any atom is -0.319 e. The van der Waals surface area contributed by atoms with E-state index < -0.39 is 0 Å². The fourth-order valence-electron chi connectivity index (χ4n) is 3.54. The van der Waals surface area contributed by atoms with Gasteiger partial charge in [-0.2, -0.15) is 0 Å². The molecule has 2 rings (SSSR count). The maximum Gasteiger partial charge on any atom is -0.00177 e. The van der Waals surface area contributed by atoms with E-state index in [1.165, 1.54) is 24.8 Å². The highest BCUT2D eigenvalue weighted by atomic mass is 14.8. The summed E-state index contributed by atoms with van der Waals surface area (Å²) in [7, 11) is 2.08. The van der Waals surface area contributed by atoms with Crippen molar-refractivity contribution >= 4 is 0 Å². The molecule has 0 heterocycles. The van der Waals surface area contributed by atoms with E-state index in [4.69, 9.17) is 0 Å². The summed E-state index contributed by atoms with van der Waals surface area (Å²) in [4.78, 5) is 0. The number of nitrogens with one attached hydrogen (secondary N) is 1. The SMILES string of the molecule is CCc1ccc(C2CC(C)(C)CCC2CNC)cc1. The Hall–Kier alpha value is -0.820. The third-order valence-corrected chi connectivity index (χ3v) is 4.82. The second-order valence-electron chi connectivity index (χ2n) is 6.93. The first-order valence-corrected chi connectivity index (χ1v) is 7.79. The predicted molar refractivity (Wildman–Crippen MR) is 83.6 cm³/mol. The molecule has 1 aromatic carbocycles. The van der Waals surface area contributed by atoms with Gasteiger partial charge in [0.05, 0.1) is 0 Å². The molecule has 1 aromatic rings. The number of hydrogen-bond acceptors (Lipinski definition) is 1. The molecule has 1 saturated carbocycles. The van der Waals surface area contributed by atoms with Crippen LogP contribution in [-0.4, -0.2) is 13.6 Å². The smallest absolute Gasteiger partial charge is 0.00177 e. The zero-order chi connectivity index (χ0) is 13.9. The van der Waals surface area contributed by atoms with Crippen LogP contribution in [0.3, 0.4) is 0 Å². The molecule has 2 unspecified atom stereocenters. The number of aryl methyl sites for hydroxylation is 1. The molecule has 0 aliphatic heterocycles. The summed E-state index contributed by atoms with van der Waals surface area (Å²) in [6, 6.07) is 9.36. The molecule has 0 radical (unpaired) electrons. The molecule has 19 heavy (non-hydrogen) atoms.